The molecule has 0 saturated heterocycles. The van der Waals surface area contributed by atoms with Gasteiger partial charge in [0.15, 0.2) is 4.80 Å². The van der Waals surface area contributed by atoms with Crippen molar-refractivity contribution in [1.82, 2.24) is 4.57 Å². The summed E-state index contributed by atoms with van der Waals surface area (Å²) < 4.78 is 2.07. The maximum Gasteiger partial charge on any atom is 0.308 e. The van der Waals surface area contributed by atoms with Crippen LogP contribution in [-0.2, 0) is 17.8 Å². The largest absolute Gasteiger partial charge is 0.481 e. The maximum atomic E-state index is 11.1. The number of rotatable bonds is 5. The molecule has 0 amide bonds. The number of hydrogen-bond donors (Lipinski definition) is 1. The first-order valence-electron chi connectivity index (χ1n) is 6.77. The number of carbonyl (C=O) groups is 1. The van der Waals surface area contributed by atoms with Crippen LogP contribution in [0.2, 0.25) is 5.02 Å². The summed E-state index contributed by atoms with van der Waals surface area (Å²) in [5, 5.41) is 9.79. The van der Waals surface area contributed by atoms with Crippen LogP contribution in [0.1, 0.15) is 18.7 Å². The van der Waals surface area contributed by atoms with Gasteiger partial charge in [-0.3, -0.25) is 9.79 Å². The Kier molecular flexibility index (Phi) is 5.20. The normalized spacial score (nSPS) is 11.9. The highest BCUT2D eigenvalue weighted by molar-refractivity contribution is 7.09. The monoisotopic (exact) mass is 324 g/mol. The number of carboxylic acids is 1. The van der Waals surface area contributed by atoms with Crippen molar-refractivity contribution in [3.8, 4) is 11.3 Å². The van der Waals surface area contributed by atoms with E-state index in [1.165, 1.54) is 11.3 Å². The summed E-state index contributed by atoms with van der Waals surface area (Å²) in [6, 6.07) is 7.46. The number of hydrogen-bond acceptors (Lipinski definition) is 3. The van der Waals surface area contributed by atoms with Gasteiger partial charge in [-0.25, -0.2) is 0 Å². The Morgan fingerprint density at radius 3 is 2.52 bits per heavy atom. The molecule has 2 rings (SSSR count). The minimum absolute atomic E-state index is 0.00185. The van der Waals surface area contributed by atoms with Crippen molar-refractivity contribution in [2.24, 2.45) is 4.99 Å². The van der Waals surface area contributed by atoms with E-state index in [0.717, 1.165) is 27.5 Å². The molecule has 0 fully saturated rings. The predicted octanol–water partition coefficient (Wildman–Crippen LogP) is 3.44. The molecule has 2 aromatic rings. The molecule has 1 heterocycles. The molecule has 0 unspecified atom stereocenters. The highest BCUT2D eigenvalue weighted by atomic mass is 35.5. The van der Waals surface area contributed by atoms with Crippen molar-refractivity contribution in [3.05, 3.63) is 39.0 Å². The molecule has 1 aromatic heterocycles. The Bertz CT molecular complexity index is 701. The third-order valence-corrected chi connectivity index (χ3v) is 4.39. The Morgan fingerprint density at radius 1 is 1.33 bits per heavy atom. The molecule has 0 aliphatic rings. The molecule has 0 atom stereocenters. The molecule has 0 saturated carbocycles. The van der Waals surface area contributed by atoms with Crippen LogP contribution >= 0.6 is 22.9 Å². The highest BCUT2D eigenvalue weighted by Crippen LogP contribution is 2.27. The van der Waals surface area contributed by atoms with Gasteiger partial charge in [-0.1, -0.05) is 23.7 Å². The number of halogens is 1. The van der Waals surface area contributed by atoms with Gasteiger partial charge in [0.25, 0.3) is 0 Å². The molecule has 0 bridgehead atoms. The van der Waals surface area contributed by atoms with Gasteiger partial charge in [-0.15, -0.1) is 11.3 Å². The Hall–Kier alpha value is -1.59. The fraction of sp³-hybridized carbons (Fsp3) is 0.333. The third-order valence-electron chi connectivity index (χ3n) is 3.02. The molecule has 6 heteroatoms. The van der Waals surface area contributed by atoms with Gasteiger partial charge in [0, 0.05) is 23.0 Å². The van der Waals surface area contributed by atoms with E-state index in [-0.39, 0.29) is 6.42 Å². The highest BCUT2D eigenvalue weighted by Gasteiger charge is 2.16. The fourth-order valence-corrected chi connectivity index (χ4v) is 3.58. The van der Waals surface area contributed by atoms with Crippen molar-refractivity contribution in [3.63, 3.8) is 0 Å². The summed E-state index contributed by atoms with van der Waals surface area (Å²) >= 11 is 7.38. The summed E-state index contributed by atoms with van der Waals surface area (Å²) in [5.74, 6) is -0.835. The number of aliphatic carboxylic acids is 1. The second-order valence-corrected chi connectivity index (χ2v) is 5.95. The van der Waals surface area contributed by atoms with E-state index in [2.05, 4.69) is 9.56 Å². The van der Waals surface area contributed by atoms with Crippen LogP contribution in [0.5, 0.6) is 0 Å². The lowest BCUT2D eigenvalue weighted by Crippen LogP contribution is -2.15. The van der Waals surface area contributed by atoms with Crippen molar-refractivity contribution in [1.29, 1.82) is 0 Å². The van der Waals surface area contributed by atoms with Gasteiger partial charge in [0.1, 0.15) is 0 Å². The lowest BCUT2D eigenvalue weighted by Gasteiger charge is -2.08. The number of carboxylic acid groups (broad SMARTS) is 1. The quantitative estimate of drug-likeness (QED) is 0.916. The minimum Gasteiger partial charge on any atom is -0.481 e. The standard InChI is InChI=1S/C15H17ClN2O2S/c1-3-17-15-18(4-2)14(12(21-15)9-13(19)20)10-5-7-11(16)8-6-10/h5-8H,3-4,9H2,1-2H3,(H,19,20). The topological polar surface area (TPSA) is 54.6 Å². The Morgan fingerprint density at radius 2 is 2.00 bits per heavy atom. The molecule has 0 spiro atoms. The maximum absolute atomic E-state index is 11.1. The van der Waals surface area contributed by atoms with E-state index in [4.69, 9.17) is 16.7 Å². The van der Waals surface area contributed by atoms with E-state index >= 15 is 0 Å². The van der Waals surface area contributed by atoms with Crippen LogP contribution in [0, 0.1) is 0 Å². The Labute approximate surface area is 132 Å². The van der Waals surface area contributed by atoms with E-state index in [9.17, 15) is 4.79 Å². The summed E-state index contributed by atoms with van der Waals surface area (Å²) in [7, 11) is 0. The van der Waals surface area contributed by atoms with E-state index in [1.807, 2.05) is 38.1 Å². The van der Waals surface area contributed by atoms with Crippen molar-refractivity contribution in [2.45, 2.75) is 26.8 Å². The van der Waals surface area contributed by atoms with Gasteiger partial charge in [-0.2, -0.15) is 0 Å². The van der Waals surface area contributed by atoms with Crippen LogP contribution in [0.25, 0.3) is 11.3 Å². The van der Waals surface area contributed by atoms with Gasteiger partial charge in [-0.05, 0) is 31.5 Å². The average molecular weight is 325 g/mol. The van der Waals surface area contributed by atoms with Crippen LogP contribution in [-0.4, -0.2) is 22.2 Å². The molecular formula is C15H17ClN2O2S. The molecular weight excluding hydrogens is 308 g/mol. The van der Waals surface area contributed by atoms with Crippen LogP contribution < -0.4 is 4.80 Å². The molecule has 0 radical (unpaired) electrons. The van der Waals surface area contributed by atoms with Gasteiger partial charge in [0.05, 0.1) is 12.1 Å². The van der Waals surface area contributed by atoms with Crippen molar-refractivity contribution >= 4 is 28.9 Å². The number of nitrogens with zero attached hydrogens (tertiary/aromatic N) is 2. The zero-order chi connectivity index (χ0) is 15.4. The Balaban J connectivity index is 2.67. The zero-order valence-corrected chi connectivity index (χ0v) is 13.5. The molecule has 1 aromatic carbocycles. The first-order chi connectivity index (χ1) is 10.1. The van der Waals surface area contributed by atoms with Crippen molar-refractivity contribution in [2.75, 3.05) is 6.54 Å². The number of thiazole rings is 1. The molecule has 0 aliphatic heterocycles. The van der Waals surface area contributed by atoms with Gasteiger partial charge in [0.2, 0.25) is 0 Å². The predicted molar refractivity (Wildman–Crippen MR) is 85.9 cm³/mol. The van der Waals surface area contributed by atoms with Crippen LogP contribution in [0.15, 0.2) is 29.3 Å². The lowest BCUT2D eigenvalue weighted by molar-refractivity contribution is -0.136. The fourth-order valence-electron chi connectivity index (χ4n) is 2.19. The molecule has 21 heavy (non-hydrogen) atoms. The molecule has 0 aliphatic carbocycles. The second kappa shape index (κ2) is 6.91. The number of aromatic nitrogens is 1. The lowest BCUT2D eigenvalue weighted by atomic mass is 10.1. The summed E-state index contributed by atoms with van der Waals surface area (Å²) in [4.78, 5) is 17.3. The average Bonchev–Trinajstić information content (AvgIpc) is 2.77. The van der Waals surface area contributed by atoms with E-state index < -0.39 is 5.97 Å². The van der Waals surface area contributed by atoms with Gasteiger partial charge >= 0.3 is 5.97 Å². The molecule has 112 valence electrons. The number of benzene rings is 1. The first-order valence-corrected chi connectivity index (χ1v) is 7.97. The van der Waals surface area contributed by atoms with Crippen molar-refractivity contribution < 1.29 is 9.90 Å². The molecule has 1 N–H and O–H groups in total. The first kappa shape index (κ1) is 15.8. The molecule has 4 nitrogen and oxygen atoms in total. The zero-order valence-electron chi connectivity index (χ0n) is 12.0. The van der Waals surface area contributed by atoms with Gasteiger partial charge < -0.3 is 9.67 Å². The van der Waals surface area contributed by atoms with Crippen LogP contribution in [0.4, 0.5) is 0 Å². The third kappa shape index (κ3) is 3.54. The van der Waals surface area contributed by atoms with Crippen LogP contribution in [0.3, 0.4) is 0 Å². The SMILES string of the molecule is CCN=c1sc(CC(=O)O)c(-c2ccc(Cl)cc2)n1CC. The van der Waals surface area contributed by atoms with E-state index in [1.54, 1.807) is 0 Å². The summed E-state index contributed by atoms with van der Waals surface area (Å²) in [6.07, 6.45) is 0.00185. The smallest absolute Gasteiger partial charge is 0.308 e. The van der Waals surface area contributed by atoms with E-state index in [0.29, 0.717) is 11.6 Å². The summed E-state index contributed by atoms with van der Waals surface area (Å²) in [6.45, 7) is 5.42. The second-order valence-electron chi connectivity index (χ2n) is 4.45. The minimum atomic E-state index is -0.835. The summed E-state index contributed by atoms with van der Waals surface area (Å²) in [5.41, 5.74) is 1.89.